The summed E-state index contributed by atoms with van der Waals surface area (Å²) in [5.41, 5.74) is 2.94. The lowest BCUT2D eigenvalue weighted by atomic mass is 10.2. The number of nitrogens with one attached hydrogen (secondary N) is 1. The fraction of sp³-hybridized carbons (Fsp3) is 0.211. The first-order valence-corrected chi connectivity index (χ1v) is 10.5. The third kappa shape index (κ3) is 4.98. The molecule has 0 spiro atoms. The van der Waals surface area contributed by atoms with Gasteiger partial charge in [-0.1, -0.05) is 60.7 Å². The van der Waals surface area contributed by atoms with Crippen LogP contribution >= 0.6 is 11.3 Å². The smallest absolute Gasteiger partial charge is 0.212 e. The number of sulfonamides is 1. The van der Waals surface area contributed by atoms with Crippen LogP contribution in [0.15, 0.2) is 60.7 Å². The van der Waals surface area contributed by atoms with Crippen molar-refractivity contribution in [3.05, 3.63) is 76.8 Å². The quantitative estimate of drug-likeness (QED) is 0.687. The SMILES string of the molecule is Cc1nc(-c2ccccc2)sc1CNS(=O)(=O)CCc1ccccc1. The Morgan fingerprint density at radius 1 is 1.00 bits per heavy atom. The second-order valence-electron chi connectivity index (χ2n) is 5.77. The van der Waals surface area contributed by atoms with E-state index in [0.717, 1.165) is 26.7 Å². The molecule has 2 aromatic carbocycles. The van der Waals surface area contributed by atoms with Crippen molar-refractivity contribution >= 4 is 21.4 Å². The predicted molar refractivity (Wildman–Crippen MR) is 103 cm³/mol. The molecule has 0 aliphatic carbocycles. The summed E-state index contributed by atoms with van der Waals surface area (Å²) in [5.74, 6) is 0.0837. The van der Waals surface area contributed by atoms with E-state index < -0.39 is 10.0 Å². The first kappa shape index (κ1) is 17.8. The van der Waals surface area contributed by atoms with Gasteiger partial charge in [-0.3, -0.25) is 0 Å². The van der Waals surface area contributed by atoms with E-state index in [9.17, 15) is 8.42 Å². The Labute approximate surface area is 152 Å². The molecule has 25 heavy (non-hydrogen) atoms. The minimum atomic E-state index is -3.32. The number of aromatic nitrogens is 1. The highest BCUT2D eigenvalue weighted by Crippen LogP contribution is 2.27. The molecule has 3 aromatic rings. The Hall–Kier alpha value is -2.02. The van der Waals surface area contributed by atoms with Gasteiger partial charge in [0.1, 0.15) is 5.01 Å². The van der Waals surface area contributed by atoms with Gasteiger partial charge >= 0.3 is 0 Å². The molecule has 4 nitrogen and oxygen atoms in total. The van der Waals surface area contributed by atoms with E-state index in [1.807, 2.05) is 67.6 Å². The zero-order valence-electron chi connectivity index (χ0n) is 14.0. The Balaban J connectivity index is 1.62. The summed E-state index contributed by atoms with van der Waals surface area (Å²) in [6.07, 6.45) is 0.507. The number of nitrogens with zero attached hydrogens (tertiary/aromatic N) is 1. The molecular formula is C19H20N2O2S2. The zero-order valence-corrected chi connectivity index (χ0v) is 15.6. The number of aryl methyl sites for hydroxylation is 2. The lowest BCUT2D eigenvalue weighted by Gasteiger charge is -2.06. The van der Waals surface area contributed by atoms with Crippen LogP contribution in [0.5, 0.6) is 0 Å². The molecule has 1 aromatic heterocycles. The maximum absolute atomic E-state index is 12.2. The van der Waals surface area contributed by atoms with Crippen LogP contribution in [-0.2, 0) is 23.0 Å². The molecule has 0 atom stereocenters. The van der Waals surface area contributed by atoms with Gasteiger partial charge in [0.05, 0.1) is 11.4 Å². The van der Waals surface area contributed by atoms with Gasteiger partial charge < -0.3 is 0 Å². The minimum absolute atomic E-state index is 0.0837. The van der Waals surface area contributed by atoms with E-state index in [2.05, 4.69) is 9.71 Å². The topological polar surface area (TPSA) is 59.1 Å². The number of thiazole rings is 1. The lowest BCUT2D eigenvalue weighted by Crippen LogP contribution is -2.26. The van der Waals surface area contributed by atoms with Crippen LogP contribution in [0.2, 0.25) is 0 Å². The normalized spacial score (nSPS) is 11.6. The Bertz CT molecular complexity index is 921. The molecule has 0 saturated carbocycles. The van der Waals surface area contributed by atoms with Crippen LogP contribution in [0.3, 0.4) is 0 Å². The molecule has 1 heterocycles. The molecule has 1 N–H and O–H groups in total. The second-order valence-corrected chi connectivity index (χ2v) is 8.78. The standard InChI is InChI=1S/C19H20N2O2S2/c1-15-18(24-19(21-15)17-10-6-3-7-11-17)14-20-25(22,23)13-12-16-8-4-2-5-9-16/h2-11,20H,12-14H2,1H3. The number of hydrogen-bond acceptors (Lipinski definition) is 4. The zero-order chi connectivity index (χ0) is 17.7. The van der Waals surface area contributed by atoms with E-state index in [0.29, 0.717) is 6.42 Å². The van der Waals surface area contributed by atoms with Crippen LogP contribution in [0, 0.1) is 6.92 Å². The third-order valence-electron chi connectivity index (χ3n) is 3.87. The average molecular weight is 373 g/mol. The molecule has 0 unspecified atom stereocenters. The van der Waals surface area contributed by atoms with Crippen molar-refractivity contribution in [1.82, 2.24) is 9.71 Å². The molecule has 0 radical (unpaired) electrons. The predicted octanol–water partition coefficient (Wildman–Crippen LogP) is 3.78. The first-order valence-electron chi connectivity index (χ1n) is 8.06. The fourth-order valence-corrected chi connectivity index (χ4v) is 4.55. The van der Waals surface area contributed by atoms with Crippen molar-refractivity contribution in [1.29, 1.82) is 0 Å². The van der Waals surface area contributed by atoms with Gasteiger partial charge in [0.25, 0.3) is 0 Å². The van der Waals surface area contributed by atoms with Crippen molar-refractivity contribution in [3.63, 3.8) is 0 Å². The fourth-order valence-electron chi connectivity index (χ4n) is 2.44. The molecule has 3 rings (SSSR count). The van der Waals surface area contributed by atoms with Gasteiger partial charge in [-0.05, 0) is 18.9 Å². The van der Waals surface area contributed by atoms with Crippen LogP contribution in [0.4, 0.5) is 0 Å². The van der Waals surface area contributed by atoms with Gasteiger partial charge in [-0.2, -0.15) is 0 Å². The Morgan fingerprint density at radius 2 is 1.64 bits per heavy atom. The van der Waals surface area contributed by atoms with Gasteiger partial charge in [0, 0.05) is 17.0 Å². The highest BCUT2D eigenvalue weighted by molar-refractivity contribution is 7.89. The van der Waals surface area contributed by atoms with Gasteiger partial charge in [0.15, 0.2) is 0 Å². The van der Waals surface area contributed by atoms with Crippen molar-refractivity contribution in [2.24, 2.45) is 0 Å². The van der Waals surface area contributed by atoms with Gasteiger partial charge in [-0.25, -0.2) is 18.1 Å². The molecule has 6 heteroatoms. The molecule has 0 saturated heterocycles. The average Bonchev–Trinajstić information content (AvgIpc) is 3.01. The van der Waals surface area contributed by atoms with Crippen LogP contribution in [0.1, 0.15) is 16.1 Å². The maximum atomic E-state index is 12.2. The summed E-state index contributed by atoms with van der Waals surface area (Å²) in [7, 11) is -3.32. The monoisotopic (exact) mass is 372 g/mol. The second kappa shape index (κ2) is 7.91. The summed E-state index contributed by atoms with van der Waals surface area (Å²) < 4.78 is 27.2. The molecule has 0 aliphatic heterocycles. The maximum Gasteiger partial charge on any atom is 0.212 e. The van der Waals surface area contributed by atoms with E-state index >= 15 is 0 Å². The van der Waals surface area contributed by atoms with Crippen LogP contribution in [0.25, 0.3) is 10.6 Å². The van der Waals surface area contributed by atoms with E-state index in [1.165, 1.54) is 11.3 Å². The summed E-state index contributed by atoms with van der Waals surface area (Å²) in [6.45, 7) is 2.20. The van der Waals surface area contributed by atoms with Gasteiger partial charge in [-0.15, -0.1) is 11.3 Å². The molecule has 0 aliphatic rings. The third-order valence-corrected chi connectivity index (χ3v) is 6.40. The molecule has 130 valence electrons. The summed E-state index contributed by atoms with van der Waals surface area (Å²) in [6, 6.07) is 19.6. The summed E-state index contributed by atoms with van der Waals surface area (Å²) >= 11 is 1.53. The highest BCUT2D eigenvalue weighted by Gasteiger charge is 2.14. The molecule has 0 bridgehead atoms. The van der Waals surface area contributed by atoms with Crippen molar-refractivity contribution in [2.75, 3.05) is 5.75 Å². The molecule has 0 fully saturated rings. The van der Waals surface area contributed by atoms with Crippen molar-refractivity contribution < 1.29 is 8.42 Å². The van der Waals surface area contributed by atoms with E-state index in [-0.39, 0.29) is 12.3 Å². The minimum Gasteiger partial charge on any atom is -0.241 e. The molecular weight excluding hydrogens is 352 g/mol. The Kier molecular flexibility index (Phi) is 5.63. The Morgan fingerprint density at radius 3 is 2.32 bits per heavy atom. The largest absolute Gasteiger partial charge is 0.241 e. The number of hydrogen-bond donors (Lipinski definition) is 1. The van der Waals surface area contributed by atoms with E-state index in [1.54, 1.807) is 0 Å². The van der Waals surface area contributed by atoms with Crippen LogP contribution < -0.4 is 4.72 Å². The number of benzene rings is 2. The summed E-state index contributed by atoms with van der Waals surface area (Å²) in [4.78, 5) is 5.51. The highest BCUT2D eigenvalue weighted by atomic mass is 32.2. The van der Waals surface area contributed by atoms with Crippen molar-refractivity contribution in [3.8, 4) is 10.6 Å². The molecule has 0 amide bonds. The first-order chi connectivity index (χ1) is 12.0. The number of rotatable bonds is 7. The van der Waals surface area contributed by atoms with E-state index in [4.69, 9.17) is 0 Å². The summed E-state index contributed by atoms with van der Waals surface area (Å²) in [5, 5.41) is 0.914. The lowest BCUT2D eigenvalue weighted by molar-refractivity contribution is 0.581. The van der Waals surface area contributed by atoms with Gasteiger partial charge in [0.2, 0.25) is 10.0 Å². The van der Waals surface area contributed by atoms with Crippen LogP contribution in [-0.4, -0.2) is 19.2 Å². The van der Waals surface area contributed by atoms with Crippen molar-refractivity contribution in [2.45, 2.75) is 19.9 Å².